The third-order valence-corrected chi connectivity index (χ3v) is 9.15. The topological polar surface area (TPSA) is 78.5 Å². The number of hydrogen-bond donors (Lipinski definition) is 2. The van der Waals surface area contributed by atoms with Gasteiger partial charge in [0.25, 0.3) is 5.91 Å². The predicted octanol–water partition coefficient (Wildman–Crippen LogP) is 5.29. The first-order valence-corrected chi connectivity index (χ1v) is 13.9. The number of nitrogens with one attached hydrogen (secondary N) is 2. The van der Waals surface area contributed by atoms with Crippen molar-refractivity contribution in [1.29, 1.82) is 0 Å². The molecule has 35 heavy (non-hydrogen) atoms. The minimum atomic E-state index is -0.645. The molecule has 1 saturated heterocycles. The predicted molar refractivity (Wildman–Crippen MR) is 142 cm³/mol. The van der Waals surface area contributed by atoms with Crippen LogP contribution in [0.2, 0.25) is 0 Å². The fraction of sp³-hybridized carbons (Fsp3) is 0.464. The number of rotatable bonds is 2. The van der Waals surface area contributed by atoms with Crippen LogP contribution in [-0.4, -0.2) is 34.2 Å². The Labute approximate surface area is 219 Å². The highest BCUT2D eigenvalue weighted by atomic mass is 127. The van der Waals surface area contributed by atoms with E-state index in [0.29, 0.717) is 12.0 Å². The zero-order valence-electron chi connectivity index (χ0n) is 19.7. The second kappa shape index (κ2) is 8.91. The van der Waals surface area contributed by atoms with Crippen LogP contribution in [-0.2, 0) is 9.59 Å². The van der Waals surface area contributed by atoms with E-state index in [4.69, 9.17) is 0 Å². The standard InChI is InChI=1S/C28H30IN3O3/c29-17-10-11-18-20(16-17)27(35)32(22-12-13-23(33)30-26(22)34)25(18)24-19-8-4-5-9-21(19)31-28(24)14-6-2-1-3-7-15-28/h4-5,8-11,16,22,24-25,31H,1-3,6-7,12-15H2,(H,30,33,34). The number of para-hydroxylation sites is 1. The summed E-state index contributed by atoms with van der Waals surface area (Å²) in [4.78, 5) is 40.8. The largest absolute Gasteiger partial charge is 0.379 e. The van der Waals surface area contributed by atoms with Crippen LogP contribution >= 0.6 is 22.6 Å². The number of piperidine rings is 1. The molecule has 7 heteroatoms. The lowest BCUT2D eigenvalue weighted by atomic mass is 9.69. The summed E-state index contributed by atoms with van der Waals surface area (Å²) in [6.45, 7) is 0. The van der Waals surface area contributed by atoms with Crippen molar-refractivity contribution in [1.82, 2.24) is 10.2 Å². The van der Waals surface area contributed by atoms with Gasteiger partial charge >= 0.3 is 0 Å². The van der Waals surface area contributed by atoms with Crippen molar-refractivity contribution in [2.45, 2.75) is 81.3 Å². The summed E-state index contributed by atoms with van der Waals surface area (Å²) in [6, 6.07) is 13.7. The van der Waals surface area contributed by atoms with Gasteiger partial charge in [0.2, 0.25) is 11.8 Å². The number of amides is 3. The van der Waals surface area contributed by atoms with Crippen LogP contribution in [0.15, 0.2) is 42.5 Å². The van der Waals surface area contributed by atoms with Gasteiger partial charge < -0.3 is 10.2 Å². The number of carbonyl (C=O) groups is 3. The number of carbonyl (C=O) groups excluding carboxylic acids is 3. The summed E-state index contributed by atoms with van der Waals surface area (Å²) in [7, 11) is 0. The molecule has 3 unspecified atom stereocenters. The maximum absolute atomic E-state index is 14.0. The molecule has 2 aromatic rings. The maximum atomic E-state index is 14.0. The molecule has 0 bridgehead atoms. The van der Waals surface area contributed by atoms with Gasteiger partial charge in [-0.1, -0.05) is 56.4 Å². The second-order valence-electron chi connectivity index (χ2n) is 10.5. The number of benzene rings is 2. The van der Waals surface area contributed by atoms with Gasteiger partial charge in [0, 0.05) is 32.7 Å². The molecule has 0 aromatic heterocycles. The first kappa shape index (κ1) is 23.0. The Morgan fingerprint density at radius 3 is 2.43 bits per heavy atom. The van der Waals surface area contributed by atoms with E-state index in [0.717, 1.165) is 40.5 Å². The summed E-state index contributed by atoms with van der Waals surface area (Å²) < 4.78 is 1.00. The Hall–Kier alpha value is -2.42. The Balaban J connectivity index is 1.52. The molecule has 6 nitrogen and oxygen atoms in total. The zero-order chi connectivity index (χ0) is 24.2. The number of nitrogens with zero attached hydrogens (tertiary/aromatic N) is 1. The van der Waals surface area contributed by atoms with Gasteiger partial charge in [0.05, 0.1) is 6.04 Å². The van der Waals surface area contributed by atoms with Crippen molar-refractivity contribution >= 4 is 46.0 Å². The van der Waals surface area contributed by atoms with E-state index in [1.165, 1.54) is 24.8 Å². The molecule has 3 atom stereocenters. The van der Waals surface area contributed by atoms with E-state index in [-0.39, 0.29) is 41.6 Å². The minimum absolute atomic E-state index is 0.0347. The first-order chi connectivity index (χ1) is 17.0. The number of halogens is 1. The molecule has 3 heterocycles. The summed E-state index contributed by atoms with van der Waals surface area (Å²) >= 11 is 2.25. The van der Waals surface area contributed by atoms with Gasteiger partial charge in [-0.15, -0.1) is 0 Å². The SMILES string of the molecule is O=C1CCC(N2C(=O)c3cc(I)ccc3C2C2c3ccccc3NC23CCCCCCC3)C(=O)N1. The number of hydrogen-bond acceptors (Lipinski definition) is 4. The van der Waals surface area contributed by atoms with Crippen molar-refractivity contribution in [3.63, 3.8) is 0 Å². The smallest absolute Gasteiger partial charge is 0.255 e. The summed E-state index contributed by atoms with van der Waals surface area (Å²) in [5, 5.41) is 6.44. The molecular formula is C28H30IN3O3. The lowest BCUT2D eigenvalue weighted by Crippen LogP contribution is -2.55. The Morgan fingerprint density at radius 1 is 0.914 bits per heavy atom. The van der Waals surface area contributed by atoms with Crippen LogP contribution in [0, 0.1) is 3.57 Å². The lowest BCUT2D eigenvalue weighted by Gasteiger charge is -2.45. The summed E-state index contributed by atoms with van der Waals surface area (Å²) in [5.74, 6) is -0.671. The van der Waals surface area contributed by atoms with Crippen LogP contribution in [0.3, 0.4) is 0 Å². The van der Waals surface area contributed by atoms with Gasteiger partial charge in [0.15, 0.2) is 0 Å². The molecule has 3 amide bonds. The Kier molecular flexibility index (Phi) is 5.86. The molecular weight excluding hydrogens is 553 g/mol. The highest BCUT2D eigenvalue weighted by Crippen LogP contribution is 2.58. The molecule has 182 valence electrons. The molecule has 2 fully saturated rings. The number of anilines is 1. The highest BCUT2D eigenvalue weighted by molar-refractivity contribution is 14.1. The van der Waals surface area contributed by atoms with E-state index in [1.54, 1.807) is 0 Å². The quantitative estimate of drug-likeness (QED) is 0.373. The van der Waals surface area contributed by atoms with Crippen molar-refractivity contribution < 1.29 is 14.4 Å². The Morgan fingerprint density at radius 2 is 1.66 bits per heavy atom. The fourth-order valence-electron chi connectivity index (χ4n) is 6.98. The van der Waals surface area contributed by atoms with Crippen LogP contribution in [0.5, 0.6) is 0 Å². The molecule has 2 aromatic carbocycles. The molecule has 4 aliphatic rings. The van der Waals surface area contributed by atoms with Crippen molar-refractivity contribution in [3.8, 4) is 0 Å². The molecule has 1 spiro atoms. The van der Waals surface area contributed by atoms with Gasteiger partial charge in [-0.2, -0.15) is 0 Å². The lowest BCUT2D eigenvalue weighted by molar-refractivity contribution is -0.137. The van der Waals surface area contributed by atoms with Crippen molar-refractivity contribution in [2.24, 2.45) is 0 Å². The third-order valence-electron chi connectivity index (χ3n) is 8.48. The van der Waals surface area contributed by atoms with E-state index in [2.05, 4.69) is 69.6 Å². The second-order valence-corrected chi connectivity index (χ2v) is 11.7. The minimum Gasteiger partial charge on any atom is -0.379 e. The van der Waals surface area contributed by atoms with Crippen LogP contribution in [0.4, 0.5) is 5.69 Å². The highest BCUT2D eigenvalue weighted by Gasteiger charge is 2.56. The molecule has 0 radical (unpaired) electrons. The first-order valence-electron chi connectivity index (χ1n) is 12.8. The van der Waals surface area contributed by atoms with Crippen LogP contribution < -0.4 is 10.6 Å². The number of fused-ring (bicyclic) bond motifs is 2. The average Bonchev–Trinajstić information content (AvgIpc) is 3.28. The monoisotopic (exact) mass is 583 g/mol. The average molecular weight is 583 g/mol. The van der Waals surface area contributed by atoms with Gasteiger partial charge in [-0.05, 0) is 71.2 Å². The van der Waals surface area contributed by atoms with Crippen LogP contribution in [0.1, 0.15) is 91.2 Å². The summed E-state index contributed by atoms with van der Waals surface area (Å²) in [6.07, 6.45) is 8.73. The molecule has 1 aliphatic carbocycles. The van der Waals surface area contributed by atoms with Gasteiger partial charge in [-0.25, -0.2) is 0 Å². The van der Waals surface area contributed by atoms with E-state index >= 15 is 0 Å². The van der Waals surface area contributed by atoms with Crippen LogP contribution in [0.25, 0.3) is 0 Å². The fourth-order valence-corrected chi connectivity index (χ4v) is 7.47. The van der Waals surface area contributed by atoms with E-state index < -0.39 is 6.04 Å². The molecule has 3 aliphatic heterocycles. The molecule has 2 N–H and O–H groups in total. The zero-order valence-corrected chi connectivity index (χ0v) is 21.8. The van der Waals surface area contributed by atoms with E-state index in [1.807, 2.05) is 11.0 Å². The van der Waals surface area contributed by atoms with E-state index in [9.17, 15) is 14.4 Å². The summed E-state index contributed by atoms with van der Waals surface area (Å²) in [5.41, 5.74) is 3.91. The van der Waals surface area contributed by atoms with Crippen molar-refractivity contribution in [2.75, 3.05) is 5.32 Å². The van der Waals surface area contributed by atoms with Gasteiger partial charge in [0.1, 0.15) is 6.04 Å². The maximum Gasteiger partial charge on any atom is 0.255 e. The van der Waals surface area contributed by atoms with Crippen molar-refractivity contribution in [3.05, 3.63) is 62.7 Å². The van der Waals surface area contributed by atoms with Gasteiger partial charge in [-0.3, -0.25) is 19.7 Å². The number of imide groups is 1. The third kappa shape index (κ3) is 3.77. The normalized spacial score (nSPS) is 27.6. The Bertz CT molecular complexity index is 1200. The molecule has 1 saturated carbocycles. The molecule has 6 rings (SSSR count).